The maximum atomic E-state index is 12.6. The van der Waals surface area contributed by atoms with Gasteiger partial charge in [-0.25, -0.2) is 0 Å². The van der Waals surface area contributed by atoms with E-state index < -0.39 is 17.8 Å². The van der Waals surface area contributed by atoms with E-state index in [1.165, 1.54) is 12.1 Å². The lowest BCUT2D eigenvalue weighted by atomic mass is 9.99. The van der Waals surface area contributed by atoms with Crippen LogP contribution < -0.4 is 5.32 Å². The summed E-state index contributed by atoms with van der Waals surface area (Å²) in [5.41, 5.74) is -0.419. The Bertz CT molecular complexity index is 453. The molecule has 0 saturated heterocycles. The Morgan fingerprint density at radius 2 is 1.95 bits per heavy atom. The zero-order chi connectivity index (χ0) is 14.8. The molecule has 0 bridgehead atoms. The van der Waals surface area contributed by atoms with Crippen molar-refractivity contribution in [2.45, 2.75) is 50.4 Å². The van der Waals surface area contributed by atoms with Crippen molar-refractivity contribution in [3.05, 3.63) is 35.4 Å². The molecule has 0 aliphatic heterocycles. The van der Waals surface area contributed by atoms with Crippen molar-refractivity contribution >= 4 is 0 Å². The van der Waals surface area contributed by atoms with Crippen LogP contribution in [0.3, 0.4) is 0 Å². The van der Waals surface area contributed by atoms with E-state index in [9.17, 15) is 18.3 Å². The van der Waals surface area contributed by atoms with Gasteiger partial charge in [-0.3, -0.25) is 0 Å². The molecule has 1 saturated carbocycles. The molecule has 0 aromatic heterocycles. The molecule has 1 aliphatic rings. The number of aliphatic hydroxyl groups excluding tert-OH is 1. The van der Waals surface area contributed by atoms with Gasteiger partial charge in [-0.15, -0.1) is 0 Å². The third-order valence-corrected chi connectivity index (χ3v) is 4.03. The third-order valence-electron chi connectivity index (χ3n) is 4.03. The fourth-order valence-electron chi connectivity index (χ4n) is 2.72. The minimum atomic E-state index is -4.37. The molecule has 0 heterocycles. The Morgan fingerprint density at radius 3 is 2.55 bits per heavy atom. The van der Waals surface area contributed by atoms with Crippen molar-refractivity contribution < 1.29 is 18.3 Å². The fraction of sp³-hybridized carbons (Fsp3) is 0.600. The number of nitrogens with one attached hydrogen (secondary N) is 1. The minimum absolute atomic E-state index is 0.00260. The van der Waals surface area contributed by atoms with Gasteiger partial charge >= 0.3 is 6.18 Å². The summed E-state index contributed by atoms with van der Waals surface area (Å²) < 4.78 is 37.9. The van der Waals surface area contributed by atoms with Gasteiger partial charge in [0.1, 0.15) is 0 Å². The minimum Gasteiger partial charge on any atom is -0.387 e. The normalized spacial score (nSPS) is 20.1. The van der Waals surface area contributed by atoms with Crippen molar-refractivity contribution in [1.29, 1.82) is 0 Å². The highest BCUT2D eigenvalue weighted by Crippen LogP contribution is 2.32. The van der Waals surface area contributed by atoms with Crippen molar-refractivity contribution in [1.82, 2.24) is 5.32 Å². The van der Waals surface area contributed by atoms with E-state index in [1.54, 1.807) is 0 Å². The molecule has 1 fully saturated rings. The summed E-state index contributed by atoms with van der Waals surface area (Å²) in [4.78, 5) is 0. The lowest BCUT2D eigenvalue weighted by Gasteiger charge is -2.27. The predicted molar refractivity (Wildman–Crippen MR) is 71.3 cm³/mol. The summed E-state index contributed by atoms with van der Waals surface area (Å²) in [7, 11) is 0. The first-order valence-corrected chi connectivity index (χ1v) is 6.90. The van der Waals surface area contributed by atoms with Crippen LogP contribution in [0, 0.1) is 0 Å². The van der Waals surface area contributed by atoms with Crippen LogP contribution >= 0.6 is 0 Å². The molecule has 1 aliphatic carbocycles. The number of hydrogen-bond donors (Lipinski definition) is 2. The number of benzene rings is 1. The fourth-order valence-corrected chi connectivity index (χ4v) is 2.72. The molecule has 5 heteroatoms. The van der Waals surface area contributed by atoms with E-state index in [1.807, 2.05) is 0 Å². The second-order valence-corrected chi connectivity index (χ2v) is 5.79. The first-order chi connectivity index (χ1) is 9.30. The zero-order valence-electron chi connectivity index (χ0n) is 11.5. The Kier molecular flexibility index (Phi) is 4.39. The van der Waals surface area contributed by atoms with Gasteiger partial charge in [0, 0.05) is 12.1 Å². The standard InChI is InChI=1S/C15H20F3NO/c1-14(7-2-3-8-14)19-10-13(20)11-5-4-6-12(9-11)15(16,17)18/h4-6,9,13,19-20H,2-3,7-8,10H2,1H3. The number of alkyl halides is 3. The number of hydrogen-bond acceptors (Lipinski definition) is 2. The van der Waals surface area contributed by atoms with Gasteiger partial charge in [-0.05, 0) is 37.5 Å². The van der Waals surface area contributed by atoms with Crippen LogP contribution in [0.5, 0.6) is 0 Å². The van der Waals surface area contributed by atoms with E-state index in [-0.39, 0.29) is 12.1 Å². The van der Waals surface area contributed by atoms with Gasteiger partial charge in [0.25, 0.3) is 0 Å². The zero-order valence-corrected chi connectivity index (χ0v) is 11.5. The summed E-state index contributed by atoms with van der Waals surface area (Å²) in [6.45, 7) is 2.37. The second-order valence-electron chi connectivity index (χ2n) is 5.79. The van der Waals surface area contributed by atoms with E-state index >= 15 is 0 Å². The van der Waals surface area contributed by atoms with Gasteiger partial charge < -0.3 is 10.4 Å². The molecule has 0 spiro atoms. The van der Waals surface area contributed by atoms with Crippen LogP contribution in [0.15, 0.2) is 24.3 Å². The molecule has 2 N–H and O–H groups in total. The monoisotopic (exact) mass is 287 g/mol. The molecule has 2 nitrogen and oxygen atoms in total. The summed E-state index contributed by atoms with van der Waals surface area (Å²) in [5, 5.41) is 13.3. The van der Waals surface area contributed by atoms with Crippen LogP contribution in [0.1, 0.15) is 49.8 Å². The third kappa shape index (κ3) is 3.73. The lowest BCUT2D eigenvalue weighted by molar-refractivity contribution is -0.137. The van der Waals surface area contributed by atoms with Crippen LogP contribution in [0.4, 0.5) is 13.2 Å². The SMILES string of the molecule is CC1(NCC(O)c2cccc(C(F)(F)F)c2)CCCC1. The molecular weight excluding hydrogens is 267 g/mol. The average Bonchev–Trinajstić information content (AvgIpc) is 2.83. The number of rotatable bonds is 4. The summed E-state index contributed by atoms with van der Waals surface area (Å²) in [6.07, 6.45) is -0.896. The molecule has 20 heavy (non-hydrogen) atoms. The Hall–Kier alpha value is -1.07. The highest BCUT2D eigenvalue weighted by molar-refractivity contribution is 5.27. The van der Waals surface area contributed by atoms with Crippen LogP contribution in [-0.4, -0.2) is 17.2 Å². The molecule has 1 aromatic rings. The average molecular weight is 287 g/mol. The van der Waals surface area contributed by atoms with Crippen molar-refractivity contribution in [2.75, 3.05) is 6.54 Å². The molecule has 112 valence electrons. The van der Waals surface area contributed by atoms with Gasteiger partial charge in [-0.1, -0.05) is 25.0 Å². The second kappa shape index (κ2) is 5.74. The predicted octanol–water partition coefficient (Wildman–Crippen LogP) is 3.66. The van der Waals surface area contributed by atoms with E-state index in [4.69, 9.17) is 0 Å². The van der Waals surface area contributed by atoms with Gasteiger partial charge in [0.15, 0.2) is 0 Å². The quantitative estimate of drug-likeness (QED) is 0.885. The number of aliphatic hydroxyl groups is 1. The van der Waals surface area contributed by atoms with E-state index in [0.29, 0.717) is 5.56 Å². The molecule has 1 unspecified atom stereocenters. The van der Waals surface area contributed by atoms with Gasteiger partial charge in [-0.2, -0.15) is 13.2 Å². The van der Waals surface area contributed by atoms with Crippen molar-refractivity contribution in [3.8, 4) is 0 Å². The van der Waals surface area contributed by atoms with E-state index in [0.717, 1.165) is 37.8 Å². The lowest BCUT2D eigenvalue weighted by Crippen LogP contribution is -2.41. The summed E-state index contributed by atoms with van der Waals surface area (Å²) in [5.74, 6) is 0. The highest BCUT2D eigenvalue weighted by Gasteiger charge is 2.31. The molecule has 1 atom stereocenters. The molecular formula is C15H20F3NO. The Morgan fingerprint density at radius 1 is 1.30 bits per heavy atom. The first kappa shape index (κ1) is 15.3. The van der Waals surface area contributed by atoms with Crippen molar-refractivity contribution in [2.24, 2.45) is 0 Å². The van der Waals surface area contributed by atoms with Crippen LogP contribution in [0.25, 0.3) is 0 Å². The van der Waals surface area contributed by atoms with E-state index in [2.05, 4.69) is 12.2 Å². The van der Waals surface area contributed by atoms with Crippen molar-refractivity contribution in [3.63, 3.8) is 0 Å². The maximum Gasteiger partial charge on any atom is 0.416 e. The molecule has 2 rings (SSSR count). The number of halogens is 3. The largest absolute Gasteiger partial charge is 0.416 e. The number of β-amino-alcohol motifs (C(OH)–C–C–N with tert-alkyl or cyclic N) is 1. The first-order valence-electron chi connectivity index (χ1n) is 6.90. The van der Waals surface area contributed by atoms with Crippen LogP contribution in [-0.2, 0) is 6.18 Å². The smallest absolute Gasteiger partial charge is 0.387 e. The highest BCUT2D eigenvalue weighted by atomic mass is 19.4. The Balaban J connectivity index is 2.00. The molecule has 0 amide bonds. The molecule has 1 aromatic carbocycles. The van der Waals surface area contributed by atoms with Crippen LogP contribution in [0.2, 0.25) is 0 Å². The summed E-state index contributed by atoms with van der Waals surface area (Å²) >= 11 is 0. The van der Waals surface area contributed by atoms with Gasteiger partial charge in [0.2, 0.25) is 0 Å². The van der Waals surface area contributed by atoms with Gasteiger partial charge in [0.05, 0.1) is 11.7 Å². The maximum absolute atomic E-state index is 12.6. The topological polar surface area (TPSA) is 32.3 Å². The Labute approximate surface area is 117 Å². The molecule has 0 radical (unpaired) electrons. The summed E-state index contributed by atoms with van der Waals surface area (Å²) in [6, 6.07) is 4.89.